The molecule has 0 aliphatic heterocycles. The Morgan fingerprint density at radius 2 is 1.94 bits per heavy atom. The molecule has 1 saturated carbocycles. The van der Waals surface area contributed by atoms with Gasteiger partial charge in [0.2, 0.25) is 5.91 Å². The van der Waals surface area contributed by atoms with E-state index in [-0.39, 0.29) is 36.8 Å². The van der Waals surface area contributed by atoms with Crippen LogP contribution >= 0.6 is 24.8 Å². The second kappa shape index (κ2) is 8.97. The van der Waals surface area contributed by atoms with E-state index in [0.717, 1.165) is 0 Å². The Morgan fingerprint density at radius 1 is 1.41 bits per heavy atom. The maximum atomic E-state index is 11.7. The van der Waals surface area contributed by atoms with Crippen molar-refractivity contribution in [2.24, 2.45) is 11.7 Å². The highest BCUT2D eigenvalue weighted by Crippen LogP contribution is 2.32. The standard InChI is InChI=1S/C11H23N3O.2ClH/c1-8(2)14(3)7-11(15)13-10(6-12)9-4-5-9;;/h8-10H,4-7,12H2,1-3H3,(H,13,15);2*1H. The van der Waals surface area contributed by atoms with Crippen LogP contribution in [0, 0.1) is 5.92 Å². The maximum absolute atomic E-state index is 11.7. The first-order valence-corrected chi connectivity index (χ1v) is 5.74. The van der Waals surface area contributed by atoms with Crippen molar-refractivity contribution in [1.82, 2.24) is 10.2 Å². The number of hydrogen-bond donors (Lipinski definition) is 2. The van der Waals surface area contributed by atoms with Crippen molar-refractivity contribution in [3.8, 4) is 0 Å². The van der Waals surface area contributed by atoms with Gasteiger partial charge in [-0.2, -0.15) is 0 Å². The van der Waals surface area contributed by atoms with Crippen molar-refractivity contribution in [3.63, 3.8) is 0 Å². The Hall–Kier alpha value is -0.0300. The molecule has 0 bridgehead atoms. The normalized spacial score (nSPS) is 16.1. The van der Waals surface area contributed by atoms with Gasteiger partial charge in [-0.15, -0.1) is 24.8 Å². The smallest absolute Gasteiger partial charge is 0.234 e. The second-order valence-electron chi connectivity index (χ2n) is 4.76. The van der Waals surface area contributed by atoms with Gasteiger partial charge in [-0.05, 0) is 39.7 Å². The van der Waals surface area contributed by atoms with E-state index in [2.05, 4.69) is 19.2 Å². The number of halogens is 2. The molecular formula is C11H25Cl2N3O. The van der Waals surface area contributed by atoms with E-state index in [1.807, 2.05) is 11.9 Å². The van der Waals surface area contributed by atoms with Gasteiger partial charge in [0.05, 0.1) is 6.54 Å². The summed E-state index contributed by atoms with van der Waals surface area (Å²) in [7, 11) is 1.96. The molecule has 1 unspecified atom stereocenters. The number of hydrogen-bond acceptors (Lipinski definition) is 3. The van der Waals surface area contributed by atoms with Crippen molar-refractivity contribution in [1.29, 1.82) is 0 Å². The minimum atomic E-state index is 0. The van der Waals surface area contributed by atoms with Crippen LogP contribution in [0.1, 0.15) is 26.7 Å². The molecule has 1 fully saturated rings. The Kier molecular flexibility index (Phi) is 10.2. The lowest BCUT2D eigenvalue weighted by Gasteiger charge is -2.22. The summed E-state index contributed by atoms with van der Waals surface area (Å²) in [6.07, 6.45) is 2.42. The number of amides is 1. The molecule has 1 aliphatic carbocycles. The van der Waals surface area contributed by atoms with Crippen LogP contribution in [-0.2, 0) is 4.79 Å². The summed E-state index contributed by atoms with van der Waals surface area (Å²) < 4.78 is 0. The van der Waals surface area contributed by atoms with Gasteiger partial charge in [0.1, 0.15) is 0 Å². The van der Waals surface area contributed by atoms with Gasteiger partial charge < -0.3 is 11.1 Å². The fourth-order valence-corrected chi connectivity index (χ4v) is 1.53. The van der Waals surface area contributed by atoms with E-state index < -0.39 is 0 Å². The van der Waals surface area contributed by atoms with E-state index >= 15 is 0 Å². The average molecular weight is 286 g/mol. The van der Waals surface area contributed by atoms with Crippen LogP contribution in [0.5, 0.6) is 0 Å². The summed E-state index contributed by atoms with van der Waals surface area (Å²) in [5.74, 6) is 0.719. The summed E-state index contributed by atoms with van der Waals surface area (Å²) >= 11 is 0. The van der Waals surface area contributed by atoms with Crippen LogP contribution in [0.4, 0.5) is 0 Å². The number of nitrogens with zero attached hydrogens (tertiary/aromatic N) is 1. The topological polar surface area (TPSA) is 58.4 Å². The lowest BCUT2D eigenvalue weighted by atomic mass is 10.2. The zero-order valence-electron chi connectivity index (χ0n) is 10.8. The number of rotatable bonds is 6. The molecule has 17 heavy (non-hydrogen) atoms. The zero-order chi connectivity index (χ0) is 11.4. The minimum Gasteiger partial charge on any atom is -0.351 e. The molecule has 0 heterocycles. The van der Waals surface area contributed by atoms with Crippen LogP contribution in [0.3, 0.4) is 0 Å². The lowest BCUT2D eigenvalue weighted by molar-refractivity contribution is -0.123. The summed E-state index contributed by atoms with van der Waals surface area (Å²) in [6, 6.07) is 0.589. The van der Waals surface area contributed by atoms with Crippen molar-refractivity contribution in [2.75, 3.05) is 20.1 Å². The van der Waals surface area contributed by atoms with E-state index in [4.69, 9.17) is 5.73 Å². The van der Waals surface area contributed by atoms with E-state index in [0.29, 0.717) is 25.0 Å². The minimum absolute atomic E-state index is 0. The molecule has 3 N–H and O–H groups in total. The third kappa shape index (κ3) is 7.09. The van der Waals surface area contributed by atoms with Gasteiger partial charge in [0, 0.05) is 18.6 Å². The van der Waals surface area contributed by atoms with E-state index in [9.17, 15) is 4.79 Å². The number of carbonyl (C=O) groups excluding carboxylic acids is 1. The van der Waals surface area contributed by atoms with Crippen molar-refractivity contribution >= 4 is 30.7 Å². The van der Waals surface area contributed by atoms with Crippen molar-refractivity contribution in [3.05, 3.63) is 0 Å². The molecule has 4 nitrogen and oxygen atoms in total. The Labute approximate surface area is 117 Å². The number of nitrogens with one attached hydrogen (secondary N) is 1. The highest BCUT2D eigenvalue weighted by Gasteiger charge is 2.31. The monoisotopic (exact) mass is 285 g/mol. The zero-order valence-corrected chi connectivity index (χ0v) is 12.4. The first kappa shape index (κ1) is 19.3. The Bertz CT molecular complexity index is 223. The molecule has 1 atom stereocenters. The molecular weight excluding hydrogens is 261 g/mol. The van der Waals surface area contributed by atoms with Crippen molar-refractivity contribution < 1.29 is 4.79 Å². The lowest BCUT2D eigenvalue weighted by Crippen LogP contribution is -2.46. The third-order valence-corrected chi connectivity index (χ3v) is 3.07. The van der Waals surface area contributed by atoms with Crippen molar-refractivity contribution in [2.45, 2.75) is 38.8 Å². The van der Waals surface area contributed by atoms with Crippen LogP contribution in [0.15, 0.2) is 0 Å². The van der Waals surface area contributed by atoms with E-state index in [1.165, 1.54) is 12.8 Å². The summed E-state index contributed by atoms with van der Waals surface area (Å²) in [6.45, 7) is 5.17. The van der Waals surface area contributed by atoms with Gasteiger partial charge in [-0.3, -0.25) is 9.69 Å². The van der Waals surface area contributed by atoms with Gasteiger partial charge >= 0.3 is 0 Å². The molecule has 1 amide bonds. The molecule has 0 aromatic heterocycles. The van der Waals surface area contributed by atoms with Crippen LogP contribution in [-0.4, -0.2) is 43.0 Å². The van der Waals surface area contributed by atoms with Gasteiger partial charge in [-0.1, -0.05) is 0 Å². The molecule has 0 aromatic carbocycles. The number of nitrogens with two attached hydrogens (primary N) is 1. The first-order valence-electron chi connectivity index (χ1n) is 5.74. The molecule has 6 heteroatoms. The predicted octanol–water partition coefficient (Wildman–Crippen LogP) is 1.02. The number of likely N-dealkylation sites (N-methyl/N-ethyl adjacent to an activating group) is 1. The fourth-order valence-electron chi connectivity index (χ4n) is 1.53. The van der Waals surface area contributed by atoms with Gasteiger partial charge in [-0.25, -0.2) is 0 Å². The fraction of sp³-hybridized carbons (Fsp3) is 0.909. The molecule has 1 aliphatic rings. The van der Waals surface area contributed by atoms with Gasteiger partial charge in [0.15, 0.2) is 0 Å². The van der Waals surface area contributed by atoms with Crippen LogP contribution < -0.4 is 11.1 Å². The Morgan fingerprint density at radius 3 is 2.29 bits per heavy atom. The Balaban J connectivity index is 0. The predicted molar refractivity (Wildman–Crippen MR) is 76.0 cm³/mol. The van der Waals surface area contributed by atoms with Crippen LogP contribution in [0.25, 0.3) is 0 Å². The number of carbonyl (C=O) groups is 1. The SMILES string of the molecule is CC(C)N(C)CC(=O)NC(CN)C1CC1.Cl.Cl. The van der Waals surface area contributed by atoms with Gasteiger partial charge in [0.25, 0.3) is 0 Å². The summed E-state index contributed by atoms with van der Waals surface area (Å²) in [5, 5.41) is 3.01. The molecule has 0 spiro atoms. The van der Waals surface area contributed by atoms with E-state index in [1.54, 1.807) is 0 Å². The molecule has 0 aromatic rings. The largest absolute Gasteiger partial charge is 0.351 e. The maximum Gasteiger partial charge on any atom is 0.234 e. The summed E-state index contributed by atoms with van der Waals surface area (Å²) in [5.41, 5.74) is 5.62. The quantitative estimate of drug-likeness (QED) is 0.766. The average Bonchev–Trinajstić information content (AvgIpc) is 2.97. The highest BCUT2D eigenvalue weighted by atomic mass is 35.5. The highest BCUT2D eigenvalue weighted by molar-refractivity contribution is 5.85. The first-order chi connectivity index (χ1) is 7.04. The summed E-state index contributed by atoms with van der Waals surface area (Å²) in [4.78, 5) is 13.7. The molecule has 104 valence electrons. The third-order valence-electron chi connectivity index (χ3n) is 3.07. The molecule has 1 rings (SSSR count). The molecule has 0 saturated heterocycles. The van der Waals surface area contributed by atoms with Crippen LogP contribution in [0.2, 0.25) is 0 Å². The molecule has 0 radical (unpaired) electrons. The second-order valence-corrected chi connectivity index (χ2v) is 4.76.